The van der Waals surface area contributed by atoms with Gasteiger partial charge in [-0.2, -0.15) is 12.7 Å². The highest BCUT2D eigenvalue weighted by Gasteiger charge is 2.19. The van der Waals surface area contributed by atoms with Crippen molar-refractivity contribution in [2.24, 2.45) is 0 Å². The van der Waals surface area contributed by atoms with Crippen molar-refractivity contribution in [1.82, 2.24) is 14.3 Å². The average Bonchev–Trinajstić information content (AvgIpc) is 2.46. The third kappa shape index (κ3) is 6.15. The second kappa shape index (κ2) is 9.39. The largest absolute Gasteiger partial charge is 0.383 e. The fraction of sp³-hybridized carbons (Fsp3) is 0.538. The van der Waals surface area contributed by atoms with Gasteiger partial charge in [0, 0.05) is 50.9 Å². The van der Waals surface area contributed by atoms with Gasteiger partial charge in [-0.25, -0.2) is 9.11 Å². The summed E-state index contributed by atoms with van der Waals surface area (Å²) < 4.78 is 46.1. The molecule has 1 rings (SSSR count). The van der Waals surface area contributed by atoms with Gasteiger partial charge in [0.1, 0.15) is 5.82 Å². The van der Waals surface area contributed by atoms with Gasteiger partial charge in [0.2, 0.25) is 0 Å². The molecule has 0 saturated carbocycles. The van der Waals surface area contributed by atoms with Gasteiger partial charge in [-0.15, -0.1) is 0 Å². The van der Waals surface area contributed by atoms with Gasteiger partial charge < -0.3 is 10.1 Å². The van der Waals surface area contributed by atoms with Crippen molar-refractivity contribution in [3.05, 3.63) is 34.6 Å². The van der Waals surface area contributed by atoms with E-state index < -0.39 is 16.0 Å². The third-order valence-corrected chi connectivity index (χ3v) is 4.79. The molecule has 0 aliphatic rings. The zero-order valence-corrected chi connectivity index (χ0v) is 14.2. The van der Waals surface area contributed by atoms with Gasteiger partial charge in [0.15, 0.2) is 0 Å². The highest BCUT2D eigenvalue weighted by atomic mass is 35.5. The van der Waals surface area contributed by atoms with Crippen molar-refractivity contribution in [3.63, 3.8) is 0 Å². The lowest BCUT2D eigenvalue weighted by atomic mass is 10.2. The molecular formula is C13H21ClFN3O3S. The minimum Gasteiger partial charge on any atom is -0.383 e. The summed E-state index contributed by atoms with van der Waals surface area (Å²) in [4.78, 5) is 0. The Bertz CT molecular complexity index is 551. The van der Waals surface area contributed by atoms with Crippen LogP contribution in [0.2, 0.25) is 5.02 Å². The lowest BCUT2D eigenvalue weighted by Gasteiger charge is -2.19. The van der Waals surface area contributed by atoms with E-state index in [4.69, 9.17) is 16.3 Å². The smallest absolute Gasteiger partial charge is 0.279 e. The van der Waals surface area contributed by atoms with Crippen molar-refractivity contribution >= 4 is 21.8 Å². The van der Waals surface area contributed by atoms with Crippen LogP contribution in [0.3, 0.4) is 0 Å². The lowest BCUT2D eigenvalue weighted by molar-refractivity contribution is 0.199. The van der Waals surface area contributed by atoms with Gasteiger partial charge in [0.05, 0.1) is 6.61 Å². The minimum absolute atomic E-state index is 0.141. The molecule has 1 aromatic carbocycles. The first-order chi connectivity index (χ1) is 10.4. The highest BCUT2D eigenvalue weighted by molar-refractivity contribution is 7.87. The summed E-state index contributed by atoms with van der Waals surface area (Å²) in [7, 11) is -0.743. The van der Waals surface area contributed by atoms with E-state index >= 15 is 0 Å². The number of benzene rings is 1. The van der Waals surface area contributed by atoms with Crippen molar-refractivity contribution in [1.29, 1.82) is 0 Å². The molecule has 0 bridgehead atoms. The molecule has 0 radical (unpaired) electrons. The second-order valence-corrected chi connectivity index (χ2v) is 6.87. The van der Waals surface area contributed by atoms with E-state index in [1.165, 1.54) is 25.2 Å². The maximum atomic E-state index is 13.7. The molecule has 22 heavy (non-hydrogen) atoms. The molecule has 0 aliphatic carbocycles. The van der Waals surface area contributed by atoms with Gasteiger partial charge in [0.25, 0.3) is 10.2 Å². The van der Waals surface area contributed by atoms with Crippen LogP contribution in [0.5, 0.6) is 0 Å². The normalized spacial score (nSPS) is 12.0. The predicted octanol–water partition coefficient (Wildman–Crippen LogP) is 0.981. The van der Waals surface area contributed by atoms with Crippen LogP contribution in [0.25, 0.3) is 0 Å². The van der Waals surface area contributed by atoms with E-state index in [-0.39, 0.29) is 23.7 Å². The maximum Gasteiger partial charge on any atom is 0.279 e. The Labute approximate surface area is 135 Å². The van der Waals surface area contributed by atoms with E-state index in [2.05, 4.69) is 10.0 Å². The van der Waals surface area contributed by atoms with Crippen LogP contribution >= 0.6 is 11.6 Å². The van der Waals surface area contributed by atoms with E-state index in [1.54, 1.807) is 7.11 Å². The van der Waals surface area contributed by atoms with E-state index in [9.17, 15) is 12.8 Å². The molecular weight excluding hydrogens is 333 g/mol. The number of nitrogens with zero attached hydrogens (tertiary/aromatic N) is 1. The molecule has 126 valence electrons. The fourth-order valence-corrected chi connectivity index (χ4v) is 2.77. The fourth-order valence-electron chi connectivity index (χ4n) is 1.67. The summed E-state index contributed by atoms with van der Waals surface area (Å²) in [5, 5.41) is 3.21. The van der Waals surface area contributed by atoms with E-state index in [0.717, 1.165) is 4.31 Å². The predicted molar refractivity (Wildman–Crippen MR) is 84.5 cm³/mol. The van der Waals surface area contributed by atoms with Crippen LogP contribution in [0.15, 0.2) is 18.2 Å². The summed E-state index contributed by atoms with van der Waals surface area (Å²) >= 11 is 5.90. The van der Waals surface area contributed by atoms with Crippen molar-refractivity contribution in [2.45, 2.75) is 6.54 Å². The molecule has 0 amide bonds. The molecule has 0 atom stereocenters. The van der Waals surface area contributed by atoms with Gasteiger partial charge in [-0.1, -0.05) is 17.7 Å². The molecule has 0 saturated heterocycles. The molecule has 0 heterocycles. The number of hydrogen-bond donors (Lipinski definition) is 2. The molecule has 0 aromatic heterocycles. The summed E-state index contributed by atoms with van der Waals surface area (Å²) in [5.41, 5.74) is 0.148. The zero-order chi connectivity index (χ0) is 16.6. The topological polar surface area (TPSA) is 70.7 Å². The molecule has 0 spiro atoms. The Morgan fingerprint density at radius 3 is 2.68 bits per heavy atom. The first-order valence-corrected chi connectivity index (χ1v) is 8.53. The minimum atomic E-state index is -3.70. The number of nitrogens with one attached hydrogen (secondary N) is 2. The number of rotatable bonds is 10. The average molecular weight is 354 g/mol. The first kappa shape index (κ1) is 19.3. The monoisotopic (exact) mass is 353 g/mol. The Balaban J connectivity index is 2.51. The summed E-state index contributed by atoms with van der Waals surface area (Å²) in [6.07, 6.45) is 0. The van der Waals surface area contributed by atoms with Gasteiger partial charge >= 0.3 is 0 Å². The number of methoxy groups -OCH3 is 1. The third-order valence-electron chi connectivity index (χ3n) is 2.92. The van der Waals surface area contributed by atoms with Crippen LogP contribution < -0.4 is 10.0 Å². The molecule has 1 aromatic rings. The van der Waals surface area contributed by atoms with E-state index in [0.29, 0.717) is 19.7 Å². The Morgan fingerprint density at radius 2 is 2.05 bits per heavy atom. The van der Waals surface area contributed by atoms with Gasteiger partial charge in [-0.3, -0.25) is 0 Å². The van der Waals surface area contributed by atoms with Crippen LogP contribution in [0.4, 0.5) is 4.39 Å². The first-order valence-electron chi connectivity index (χ1n) is 6.72. The number of ether oxygens (including phenoxy) is 1. The Hall–Kier alpha value is -0.770. The Kier molecular flexibility index (Phi) is 8.23. The van der Waals surface area contributed by atoms with Crippen molar-refractivity contribution in [2.75, 3.05) is 40.4 Å². The molecule has 0 aliphatic heterocycles. The Morgan fingerprint density at radius 1 is 1.32 bits per heavy atom. The van der Waals surface area contributed by atoms with Crippen LogP contribution in [-0.2, 0) is 21.5 Å². The summed E-state index contributed by atoms with van der Waals surface area (Å²) in [5.74, 6) is -0.532. The highest BCUT2D eigenvalue weighted by Crippen LogP contribution is 2.20. The van der Waals surface area contributed by atoms with Gasteiger partial charge in [-0.05, 0) is 12.1 Å². The van der Waals surface area contributed by atoms with Crippen LogP contribution in [0, 0.1) is 5.82 Å². The standard InChI is InChI=1S/C13H21ClFN3O3S/c1-18(10-11-12(14)4-3-5-13(11)15)22(19,20)17-7-6-16-8-9-21-2/h3-5,16-17H,6-10H2,1-2H3. The molecule has 2 N–H and O–H groups in total. The number of hydrogen-bond acceptors (Lipinski definition) is 4. The summed E-state index contributed by atoms with van der Waals surface area (Å²) in [6, 6.07) is 4.24. The van der Waals surface area contributed by atoms with Crippen LogP contribution in [0.1, 0.15) is 5.56 Å². The molecule has 6 nitrogen and oxygen atoms in total. The molecule has 9 heteroatoms. The second-order valence-electron chi connectivity index (χ2n) is 4.60. The molecule has 0 unspecified atom stereocenters. The molecule has 0 fully saturated rings. The summed E-state index contributed by atoms with van der Waals surface area (Å²) in [6.45, 7) is 1.74. The van der Waals surface area contributed by atoms with Crippen LogP contribution in [-0.4, -0.2) is 53.1 Å². The quantitative estimate of drug-likeness (QED) is 0.615. The van der Waals surface area contributed by atoms with Crippen molar-refractivity contribution in [3.8, 4) is 0 Å². The maximum absolute atomic E-state index is 13.7. The lowest BCUT2D eigenvalue weighted by Crippen LogP contribution is -2.41. The zero-order valence-electron chi connectivity index (χ0n) is 12.6. The van der Waals surface area contributed by atoms with Crippen molar-refractivity contribution < 1.29 is 17.5 Å². The van der Waals surface area contributed by atoms with E-state index in [1.807, 2.05) is 0 Å². The number of halogens is 2. The SMILES string of the molecule is COCCNCCNS(=O)(=O)N(C)Cc1c(F)cccc1Cl.